The van der Waals surface area contributed by atoms with Crippen LogP contribution in [0.4, 0.5) is 0 Å². The Morgan fingerprint density at radius 2 is 1.76 bits per heavy atom. The van der Waals surface area contributed by atoms with E-state index in [9.17, 15) is 9.59 Å². The van der Waals surface area contributed by atoms with Gasteiger partial charge in [0.15, 0.2) is 0 Å². The molecule has 1 unspecified atom stereocenters. The molecule has 0 bridgehead atoms. The third-order valence-electron chi connectivity index (χ3n) is 6.13. The van der Waals surface area contributed by atoms with Crippen molar-refractivity contribution in [2.75, 3.05) is 19.7 Å². The quantitative estimate of drug-likeness (QED) is 0.824. The molecule has 0 radical (unpaired) electrons. The van der Waals surface area contributed by atoms with Crippen LogP contribution in [0.5, 0.6) is 5.75 Å². The number of nitrogens with zero attached hydrogens (tertiary/aromatic N) is 1. The van der Waals surface area contributed by atoms with E-state index in [1.807, 2.05) is 29.2 Å². The molecule has 2 aliphatic heterocycles. The van der Waals surface area contributed by atoms with Gasteiger partial charge in [0.05, 0.1) is 5.60 Å². The topological polar surface area (TPSA) is 67.9 Å². The van der Waals surface area contributed by atoms with Crippen LogP contribution in [-0.4, -0.2) is 54.2 Å². The molecule has 6 nitrogen and oxygen atoms in total. The lowest BCUT2D eigenvalue weighted by Crippen LogP contribution is -2.45. The normalized spacial score (nSPS) is 24.8. The second-order valence-electron chi connectivity index (χ2n) is 9.21. The summed E-state index contributed by atoms with van der Waals surface area (Å²) in [7, 11) is 0. The lowest BCUT2D eigenvalue weighted by Gasteiger charge is -2.35. The van der Waals surface area contributed by atoms with E-state index in [1.165, 1.54) is 0 Å². The van der Waals surface area contributed by atoms with Crippen LogP contribution in [0.1, 0.15) is 62.7 Å². The van der Waals surface area contributed by atoms with E-state index in [1.54, 1.807) is 0 Å². The van der Waals surface area contributed by atoms with Gasteiger partial charge in [-0.25, -0.2) is 0 Å². The molecule has 1 aliphatic carbocycles. The van der Waals surface area contributed by atoms with Crippen LogP contribution in [0.2, 0.25) is 0 Å². The van der Waals surface area contributed by atoms with Gasteiger partial charge in [-0.05, 0) is 63.8 Å². The molecule has 0 spiro atoms. The van der Waals surface area contributed by atoms with E-state index in [0.717, 1.165) is 57.4 Å². The van der Waals surface area contributed by atoms with Crippen molar-refractivity contribution < 1.29 is 19.1 Å². The molecule has 3 aliphatic rings. The van der Waals surface area contributed by atoms with Gasteiger partial charge in [0.2, 0.25) is 5.91 Å². The smallest absolute Gasteiger partial charge is 0.251 e. The molecule has 1 aromatic rings. The number of amides is 2. The van der Waals surface area contributed by atoms with E-state index >= 15 is 0 Å². The Morgan fingerprint density at radius 1 is 1.07 bits per heavy atom. The summed E-state index contributed by atoms with van der Waals surface area (Å²) in [4.78, 5) is 26.7. The Morgan fingerprint density at radius 3 is 2.38 bits per heavy atom. The molecular weight excluding hydrogens is 368 g/mol. The maximum Gasteiger partial charge on any atom is 0.251 e. The number of carbonyl (C=O) groups is 2. The molecule has 1 saturated carbocycles. The summed E-state index contributed by atoms with van der Waals surface area (Å²) >= 11 is 0. The average Bonchev–Trinajstić information content (AvgIpc) is 3.53. The fourth-order valence-corrected chi connectivity index (χ4v) is 4.28. The molecule has 158 valence electrons. The lowest BCUT2D eigenvalue weighted by molar-refractivity contribution is -0.134. The summed E-state index contributed by atoms with van der Waals surface area (Å²) in [5.41, 5.74) is 0.457. The number of piperidine rings is 1. The minimum Gasteiger partial charge on any atom is -0.490 e. The molecule has 2 amide bonds. The zero-order valence-electron chi connectivity index (χ0n) is 17.5. The first-order chi connectivity index (χ1) is 13.9. The number of rotatable bonds is 5. The third kappa shape index (κ3) is 5.30. The van der Waals surface area contributed by atoms with Crippen LogP contribution >= 0.6 is 0 Å². The highest BCUT2D eigenvalue weighted by Crippen LogP contribution is 2.32. The highest BCUT2D eigenvalue weighted by Gasteiger charge is 2.35. The van der Waals surface area contributed by atoms with Gasteiger partial charge in [-0.15, -0.1) is 0 Å². The fraction of sp³-hybridized carbons (Fsp3) is 0.652. The van der Waals surface area contributed by atoms with Crippen molar-refractivity contribution >= 4 is 11.8 Å². The Hall–Kier alpha value is -2.08. The first kappa shape index (κ1) is 20.2. The van der Waals surface area contributed by atoms with Crippen LogP contribution in [0.25, 0.3) is 0 Å². The number of hydrogen-bond donors (Lipinski definition) is 1. The molecule has 29 heavy (non-hydrogen) atoms. The summed E-state index contributed by atoms with van der Waals surface area (Å²) in [5.74, 6) is 1.34. The highest BCUT2D eigenvalue weighted by atomic mass is 16.5. The molecule has 0 aromatic heterocycles. The molecule has 1 atom stereocenters. The molecule has 3 fully saturated rings. The zero-order valence-corrected chi connectivity index (χ0v) is 17.5. The van der Waals surface area contributed by atoms with Crippen LogP contribution < -0.4 is 10.1 Å². The van der Waals surface area contributed by atoms with Crippen LogP contribution in [0, 0.1) is 5.92 Å². The van der Waals surface area contributed by atoms with Crippen molar-refractivity contribution in [2.45, 2.75) is 70.1 Å². The summed E-state index contributed by atoms with van der Waals surface area (Å²) < 4.78 is 11.8. The van der Waals surface area contributed by atoms with Crippen LogP contribution in [-0.2, 0) is 9.53 Å². The Bertz CT molecular complexity index is 734. The summed E-state index contributed by atoms with van der Waals surface area (Å²) in [6, 6.07) is 7.52. The van der Waals surface area contributed by atoms with Crippen molar-refractivity contribution in [3.63, 3.8) is 0 Å². The van der Waals surface area contributed by atoms with Gasteiger partial charge >= 0.3 is 0 Å². The minimum absolute atomic E-state index is 0.0499. The van der Waals surface area contributed by atoms with Crippen LogP contribution in [0.3, 0.4) is 0 Å². The number of ether oxygens (including phenoxy) is 2. The first-order valence-electron chi connectivity index (χ1n) is 10.9. The monoisotopic (exact) mass is 400 g/mol. The fourth-order valence-electron chi connectivity index (χ4n) is 4.28. The van der Waals surface area contributed by atoms with Gasteiger partial charge in [-0.2, -0.15) is 0 Å². The van der Waals surface area contributed by atoms with E-state index in [4.69, 9.17) is 9.47 Å². The van der Waals surface area contributed by atoms with Crippen molar-refractivity contribution in [3.05, 3.63) is 29.8 Å². The molecule has 2 heterocycles. The first-order valence-corrected chi connectivity index (χ1v) is 10.9. The third-order valence-corrected chi connectivity index (χ3v) is 6.13. The Kier molecular flexibility index (Phi) is 5.81. The molecule has 6 heteroatoms. The highest BCUT2D eigenvalue weighted by molar-refractivity contribution is 5.94. The molecular formula is C23H32N2O4. The summed E-state index contributed by atoms with van der Waals surface area (Å²) in [6.07, 6.45) is 5.63. The second kappa shape index (κ2) is 8.34. The number of carbonyl (C=O) groups excluding carboxylic acids is 2. The van der Waals surface area contributed by atoms with E-state index < -0.39 is 0 Å². The lowest BCUT2D eigenvalue weighted by atomic mass is 9.94. The van der Waals surface area contributed by atoms with E-state index in [0.29, 0.717) is 24.0 Å². The van der Waals surface area contributed by atoms with Gasteiger partial charge in [0.1, 0.15) is 11.9 Å². The van der Waals surface area contributed by atoms with Crippen molar-refractivity contribution in [1.82, 2.24) is 10.2 Å². The summed E-state index contributed by atoms with van der Waals surface area (Å²) in [5, 5.41) is 3.12. The maximum atomic E-state index is 12.6. The van der Waals surface area contributed by atoms with E-state index in [-0.39, 0.29) is 23.7 Å². The van der Waals surface area contributed by atoms with E-state index in [2.05, 4.69) is 19.2 Å². The number of benzene rings is 1. The van der Waals surface area contributed by atoms with Gasteiger partial charge in [0, 0.05) is 50.1 Å². The van der Waals surface area contributed by atoms with Gasteiger partial charge in [-0.1, -0.05) is 0 Å². The van der Waals surface area contributed by atoms with Crippen molar-refractivity contribution in [2.24, 2.45) is 5.92 Å². The SMILES string of the molecule is CC1(C)CC(NC(=O)c2ccc(OC3CCN(C(=O)C4CC4)CC3)cc2)CCO1. The minimum atomic E-state index is -0.188. The molecule has 2 saturated heterocycles. The second-order valence-corrected chi connectivity index (χ2v) is 9.21. The predicted molar refractivity (Wildman–Crippen MR) is 110 cm³/mol. The van der Waals surface area contributed by atoms with Crippen molar-refractivity contribution in [1.29, 1.82) is 0 Å². The zero-order chi connectivity index (χ0) is 20.4. The van der Waals surface area contributed by atoms with Gasteiger partial charge in [-0.3, -0.25) is 9.59 Å². The number of likely N-dealkylation sites (tertiary alicyclic amines) is 1. The Balaban J connectivity index is 1.25. The predicted octanol–water partition coefficient (Wildman–Crippen LogP) is 3.15. The number of hydrogen-bond acceptors (Lipinski definition) is 4. The Labute approximate surface area is 172 Å². The molecule has 1 N–H and O–H groups in total. The average molecular weight is 401 g/mol. The van der Waals surface area contributed by atoms with Crippen LogP contribution in [0.15, 0.2) is 24.3 Å². The molecule has 1 aromatic carbocycles. The number of nitrogens with one attached hydrogen (secondary N) is 1. The van der Waals surface area contributed by atoms with Gasteiger partial charge < -0.3 is 19.7 Å². The van der Waals surface area contributed by atoms with Crippen molar-refractivity contribution in [3.8, 4) is 5.75 Å². The largest absolute Gasteiger partial charge is 0.490 e. The molecule has 4 rings (SSSR count). The maximum absolute atomic E-state index is 12.6. The van der Waals surface area contributed by atoms with Gasteiger partial charge in [0.25, 0.3) is 5.91 Å². The summed E-state index contributed by atoms with van der Waals surface area (Å²) in [6.45, 7) is 6.35. The standard InChI is InChI=1S/C23H32N2O4/c1-23(2)15-18(11-14-28-23)24-21(26)16-5-7-19(8-6-16)29-20-9-12-25(13-10-20)22(27)17-3-4-17/h5-8,17-18,20H,3-4,9-15H2,1-2H3,(H,24,26).